The number of anilines is 1. The Labute approximate surface area is 149 Å². The monoisotopic (exact) mass is 362 g/mol. The highest BCUT2D eigenvalue weighted by molar-refractivity contribution is 6.42. The van der Waals surface area contributed by atoms with Gasteiger partial charge < -0.3 is 14.6 Å². The standard InChI is InChI=1S/C18H16Cl2N2O2/c1-2-24-14-4-6-17-12(9-14)7-8-22(17)11-18(23)21-13-3-5-15(19)16(20)10-13/h3-10H,2,11H2,1H3,(H,21,23). The Hall–Kier alpha value is -2.17. The highest BCUT2D eigenvalue weighted by atomic mass is 35.5. The van der Waals surface area contributed by atoms with Crippen molar-refractivity contribution in [1.29, 1.82) is 0 Å². The molecule has 0 aliphatic heterocycles. The quantitative estimate of drug-likeness (QED) is 0.694. The molecule has 1 N–H and O–H groups in total. The van der Waals surface area contributed by atoms with Gasteiger partial charge >= 0.3 is 0 Å². The first-order valence-electron chi connectivity index (χ1n) is 7.53. The minimum absolute atomic E-state index is 0.139. The highest BCUT2D eigenvalue weighted by Gasteiger charge is 2.08. The molecule has 0 aliphatic rings. The van der Waals surface area contributed by atoms with Crippen molar-refractivity contribution in [2.24, 2.45) is 0 Å². The summed E-state index contributed by atoms with van der Waals surface area (Å²) >= 11 is 11.8. The average molecular weight is 363 g/mol. The zero-order valence-electron chi connectivity index (χ0n) is 13.1. The second-order valence-corrected chi connectivity index (χ2v) is 6.09. The third-order valence-electron chi connectivity index (χ3n) is 3.57. The first-order valence-corrected chi connectivity index (χ1v) is 8.29. The van der Waals surface area contributed by atoms with Crippen molar-refractivity contribution in [2.75, 3.05) is 11.9 Å². The van der Waals surface area contributed by atoms with E-state index in [4.69, 9.17) is 27.9 Å². The number of nitrogens with zero attached hydrogens (tertiary/aromatic N) is 1. The molecule has 0 radical (unpaired) electrons. The van der Waals surface area contributed by atoms with E-state index < -0.39 is 0 Å². The van der Waals surface area contributed by atoms with Gasteiger partial charge in [0.2, 0.25) is 5.91 Å². The summed E-state index contributed by atoms with van der Waals surface area (Å²) in [7, 11) is 0. The lowest BCUT2D eigenvalue weighted by Gasteiger charge is -2.09. The van der Waals surface area contributed by atoms with Crippen LogP contribution in [0, 0.1) is 0 Å². The van der Waals surface area contributed by atoms with Gasteiger partial charge in [-0.05, 0) is 49.4 Å². The van der Waals surface area contributed by atoms with Gasteiger partial charge in [-0.3, -0.25) is 4.79 Å². The molecular formula is C18H16Cl2N2O2. The molecule has 1 heterocycles. The van der Waals surface area contributed by atoms with Gasteiger partial charge in [0.1, 0.15) is 12.3 Å². The maximum Gasteiger partial charge on any atom is 0.244 e. The van der Waals surface area contributed by atoms with E-state index in [1.54, 1.807) is 18.2 Å². The molecule has 0 bridgehead atoms. The molecule has 1 aromatic heterocycles. The van der Waals surface area contributed by atoms with Gasteiger partial charge in [-0.25, -0.2) is 0 Å². The fourth-order valence-corrected chi connectivity index (χ4v) is 2.80. The molecule has 3 aromatic rings. The van der Waals surface area contributed by atoms with Gasteiger partial charge in [0.15, 0.2) is 0 Å². The predicted molar refractivity (Wildman–Crippen MR) is 98.2 cm³/mol. The number of ether oxygens (including phenoxy) is 1. The van der Waals surface area contributed by atoms with E-state index in [1.807, 2.05) is 42.0 Å². The van der Waals surface area contributed by atoms with E-state index in [9.17, 15) is 4.79 Å². The third-order valence-corrected chi connectivity index (χ3v) is 4.31. The van der Waals surface area contributed by atoms with Crippen LogP contribution in [-0.4, -0.2) is 17.1 Å². The molecule has 0 spiro atoms. The molecule has 2 aromatic carbocycles. The largest absolute Gasteiger partial charge is 0.494 e. The number of amides is 1. The van der Waals surface area contributed by atoms with Crippen LogP contribution >= 0.6 is 23.2 Å². The van der Waals surface area contributed by atoms with E-state index in [0.717, 1.165) is 16.7 Å². The summed E-state index contributed by atoms with van der Waals surface area (Å²) in [5.41, 5.74) is 1.59. The predicted octanol–water partition coefficient (Wildman–Crippen LogP) is 4.99. The van der Waals surface area contributed by atoms with Gasteiger partial charge in [-0.2, -0.15) is 0 Å². The molecule has 0 fully saturated rings. The van der Waals surface area contributed by atoms with Crippen LogP contribution in [0.25, 0.3) is 10.9 Å². The van der Waals surface area contributed by atoms with Crippen LogP contribution in [-0.2, 0) is 11.3 Å². The van der Waals surface area contributed by atoms with Crippen LogP contribution in [0.4, 0.5) is 5.69 Å². The number of fused-ring (bicyclic) bond motifs is 1. The molecule has 0 saturated carbocycles. The summed E-state index contributed by atoms with van der Waals surface area (Å²) in [6.45, 7) is 2.78. The van der Waals surface area contributed by atoms with Crippen LogP contribution < -0.4 is 10.1 Å². The van der Waals surface area contributed by atoms with Crippen molar-refractivity contribution in [2.45, 2.75) is 13.5 Å². The van der Waals surface area contributed by atoms with Gasteiger partial charge in [0, 0.05) is 22.8 Å². The smallest absolute Gasteiger partial charge is 0.244 e. The van der Waals surface area contributed by atoms with Crippen LogP contribution in [0.1, 0.15) is 6.92 Å². The zero-order valence-corrected chi connectivity index (χ0v) is 14.6. The molecule has 4 nitrogen and oxygen atoms in total. The lowest BCUT2D eigenvalue weighted by atomic mass is 10.2. The van der Waals surface area contributed by atoms with Crippen molar-refractivity contribution < 1.29 is 9.53 Å². The number of rotatable bonds is 5. The Kier molecular flexibility index (Phi) is 4.97. The molecular weight excluding hydrogens is 347 g/mol. The molecule has 0 aliphatic carbocycles. The van der Waals surface area contributed by atoms with E-state index in [-0.39, 0.29) is 12.5 Å². The minimum Gasteiger partial charge on any atom is -0.494 e. The minimum atomic E-state index is -0.139. The van der Waals surface area contributed by atoms with Gasteiger partial charge in [-0.1, -0.05) is 23.2 Å². The molecule has 124 valence electrons. The van der Waals surface area contributed by atoms with Crippen LogP contribution in [0.2, 0.25) is 10.0 Å². The van der Waals surface area contributed by atoms with Gasteiger partial charge in [0.05, 0.1) is 16.7 Å². The maximum atomic E-state index is 12.3. The SMILES string of the molecule is CCOc1ccc2c(ccn2CC(=O)Nc2ccc(Cl)c(Cl)c2)c1. The molecule has 6 heteroatoms. The summed E-state index contributed by atoms with van der Waals surface area (Å²) in [5.74, 6) is 0.683. The van der Waals surface area contributed by atoms with Gasteiger partial charge in [-0.15, -0.1) is 0 Å². The molecule has 0 saturated heterocycles. The summed E-state index contributed by atoms with van der Waals surface area (Å²) < 4.78 is 7.38. The summed E-state index contributed by atoms with van der Waals surface area (Å²) in [5, 5.41) is 4.71. The number of nitrogens with one attached hydrogen (secondary N) is 1. The van der Waals surface area contributed by atoms with Crippen LogP contribution in [0.5, 0.6) is 5.75 Å². The van der Waals surface area contributed by atoms with E-state index in [2.05, 4.69) is 5.32 Å². The fraction of sp³-hybridized carbons (Fsp3) is 0.167. The molecule has 0 atom stereocenters. The normalized spacial score (nSPS) is 10.8. The third kappa shape index (κ3) is 3.66. The van der Waals surface area contributed by atoms with Crippen LogP contribution in [0.3, 0.4) is 0 Å². The Morgan fingerprint density at radius 2 is 1.96 bits per heavy atom. The number of carbonyl (C=O) groups excluding carboxylic acids is 1. The fourth-order valence-electron chi connectivity index (χ4n) is 2.50. The number of halogens is 2. The number of carbonyl (C=O) groups is 1. The Morgan fingerprint density at radius 3 is 2.71 bits per heavy atom. The van der Waals surface area contributed by atoms with Crippen molar-refractivity contribution in [1.82, 2.24) is 4.57 Å². The molecule has 1 amide bonds. The van der Waals surface area contributed by atoms with Crippen molar-refractivity contribution in [3.05, 3.63) is 58.7 Å². The van der Waals surface area contributed by atoms with Gasteiger partial charge in [0.25, 0.3) is 0 Å². The van der Waals surface area contributed by atoms with E-state index >= 15 is 0 Å². The first kappa shape index (κ1) is 16.7. The number of aromatic nitrogens is 1. The summed E-state index contributed by atoms with van der Waals surface area (Å²) in [6, 6.07) is 12.8. The van der Waals surface area contributed by atoms with E-state index in [0.29, 0.717) is 22.3 Å². The Bertz CT molecular complexity index is 890. The number of hydrogen-bond donors (Lipinski definition) is 1. The second-order valence-electron chi connectivity index (χ2n) is 5.27. The maximum absolute atomic E-state index is 12.3. The second kappa shape index (κ2) is 7.16. The Balaban J connectivity index is 1.74. The lowest BCUT2D eigenvalue weighted by Crippen LogP contribution is -2.18. The average Bonchev–Trinajstić information content (AvgIpc) is 2.93. The van der Waals surface area contributed by atoms with E-state index in [1.165, 1.54) is 0 Å². The summed E-state index contributed by atoms with van der Waals surface area (Å²) in [6.07, 6.45) is 1.88. The zero-order chi connectivity index (χ0) is 17.1. The molecule has 0 unspecified atom stereocenters. The number of hydrogen-bond acceptors (Lipinski definition) is 2. The summed E-state index contributed by atoms with van der Waals surface area (Å²) in [4.78, 5) is 12.3. The van der Waals surface area contributed by atoms with Crippen molar-refractivity contribution in [3.8, 4) is 5.75 Å². The highest BCUT2D eigenvalue weighted by Crippen LogP contribution is 2.25. The lowest BCUT2D eigenvalue weighted by molar-refractivity contribution is -0.116. The van der Waals surface area contributed by atoms with Crippen molar-refractivity contribution >= 4 is 45.7 Å². The molecule has 24 heavy (non-hydrogen) atoms. The Morgan fingerprint density at radius 1 is 1.12 bits per heavy atom. The van der Waals surface area contributed by atoms with Crippen LogP contribution in [0.15, 0.2) is 48.7 Å². The topological polar surface area (TPSA) is 43.3 Å². The van der Waals surface area contributed by atoms with Crippen molar-refractivity contribution in [3.63, 3.8) is 0 Å². The first-order chi connectivity index (χ1) is 11.6. The number of benzene rings is 2. The molecule has 3 rings (SSSR count).